The van der Waals surface area contributed by atoms with E-state index >= 15 is 0 Å². The van der Waals surface area contributed by atoms with Gasteiger partial charge < -0.3 is 27.3 Å². The fourth-order valence-electron chi connectivity index (χ4n) is 0. The summed E-state index contributed by atoms with van der Waals surface area (Å²) < 4.78 is 102. The predicted octanol–water partition coefficient (Wildman–Crippen LogP) is -4.02. The van der Waals surface area contributed by atoms with Crippen molar-refractivity contribution in [1.82, 2.24) is 0 Å². The summed E-state index contributed by atoms with van der Waals surface area (Å²) in [5.41, 5.74) is 0. The number of hydrogen-bond acceptors (Lipinski definition) is 12. The molecule has 0 unspecified atom stereocenters. The van der Waals surface area contributed by atoms with Crippen LogP contribution in [0, 0.1) is 0 Å². The maximum absolute atomic E-state index is 8.52. The van der Waals surface area contributed by atoms with Gasteiger partial charge in [0.15, 0.2) is 0 Å². The van der Waals surface area contributed by atoms with Gasteiger partial charge in [0.25, 0.3) is 0 Å². The van der Waals surface area contributed by atoms with Gasteiger partial charge in [0.05, 0.1) is 0 Å². The largest absolute Gasteiger partial charge is 3.00 e. The second kappa shape index (κ2) is 11.7. The van der Waals surface area contributed by atoms with Crippen LogP contribution >= 0.6 is 0 Å². The molecule has 0 saturated heterocycles. The minimum absolute atomic E-state index is 0. The van der Waals surface area contributed by atoms with Gasteiger partial charge >= 0.3 is 34.1 Å². The van der Waals surface area contributed by atoms with Crippen molar-refractivity contribution in [2.45, 2.75) is 0 Å². The van der Waals surface area contributed by atoms with E-state index in [9.17, 15) is 0 Å². The Morgan fingerprint density at radius 3 is 0.412 bits per heavy atom. The summed E-state index contributed by atoms with van der Waals surface area (Å²) in [6.45, 7) is 0. The topological polar surface area (TPSA) is 241 Å². The van der Waals surface area contributed by atoms with Crippen LogP contribution in [0.1, 0.15) is 0 Å². The Labute approximate surface area is 117 Å². The molecule has 12 nitrogen and oxygen atoms in total. The fraction of sp³-hybridized carbons (Fsp3) is 0. The SMILES string of the molecule is O=S(=O)([O-])[O-].O=S(=O)([O-])[O-].O=S(=O)([O-])[O-].[Mn+3].[Mn+3]. The van der Waals surface area contributed by atoms with Crippen molar-refractivity contribution in [2.75, 3.05) is 0 Å². The van der Waals surface area contributed by atoms with Crippen molar-refractivity contribution in [3.05, 3.63) is 0 Å². The summed E-state index contributed by atoms with van der Waals surface area (Å²) in [6, 6.07) is 0. The Kier molecular flexibility index (Phi) is 21.1. The molecule has 0 spiro atoms. The maximum atomic E-state index is 8.52. The second-order valence-corrected chi connectivity index (χ2v) is 3.67. The molecule has 0 amide bonds. The van der Waals surface area contributed by atoms with Gasteiger partial charge in [0, 0.05) is 31.2 Å². The normalized spacial score (nSPS) is 10.2. The first-order chi connectivity index (χ1) is 6.00. The average molecular weight is 398 g/mol. The van der Waals surface area contributed by atoms with Gasteiger partial charge in [-0.15, -0.1) is 0 Å². The summed E-state index contributed by atoms with van der Waals surface area (Å²) in [5.74, 6) is 0. The monoisotopic (exact) mass is 398 g/mol. The Hall–Kier alpha value is 0.649. The van der Waals surface area contributed by atoms with Crippen LogP contribution in [0.2, 0.25) is 0 Å². The van der Waals surface area contributed by atoms with E-state index in [2.05, 4.69) is 0 Å². The fourth-order valence-corrected chi connectivity index (χ4v) is 0. The summed E-state index contributed by atoms with van der Waals surface area (Å²) in [7, 11) is -15.5. The van der Waals surface area contributed by atoms with Crippen molar-refractivity contribution >= 4 is 31.2 Å². The van der Waals surface area contributed by atoms with Crippen LogP contribution in [0.3, 0.4) is 0 Å². The molecule has 0 fully saturated rings. The van der Waals surface area contributed by atoms with E-state index < -0.39 is 31.2 Å². The standard InChI is InChI=1S/2Mn.3H2O4S/c;;3*1-5(2,3)4/h;;3*(H2,1,2,3,4)/q2*+3;;;/p-6. The number of rotatable bonds is 0. The molecule has 0 heterocycles. The average Bonchev–Trinajstić information content (AvgIpc) is 1.41. The third-order valence-electron chi connectivity index (χ3n) is 0. The third-order valence-corrected chi connectivity index (χ3v) is 0. The molecule has 0 rings (SSSR count). The van der Waals surface area contributed by atoms with Crippen molar-refractivity contribution in [3.63, 3.8) is 0 Å². The molecule has 0 atom stereocenters. The predicted molar refractivity (Wildman–Crippen MR) is 31.4 cm³/mol. The molecule has 17 heteroatoms. The molecule has 0 radical (unpaired) electrons. The summed E-state index contributed by atoms with van der Waals surface area (Å²) in [5, 5.41) is 0. The zero-order valence-corrected chi connectivity index (χ0v) is 11.7. The van der Waals surface area contributed by atoms with Crippen molar-refractivity contribution < 1.29 is 86.7 Å². The summed E-state index contributed by atoms with van der Waals surface area (Å²) >= 11 is 0. The Balaban J connectivity index is -0.0000000400. The Morgan fingerprint density at radius 2 is 0.412 bits per heavy atom. The van der Waals surface area contributed by atoms with Crippen LogP contribution in [0.25, 0.3) is 0 Å². The molecule has 17 heavy (non-hydrogen) atoms. The minimum atomic E-state index is -5.17. The molecule has 0 aromatic heterocycles. The number of hydrogen-bond donors (Lipinski definition) is 0. The minimum Gasteiger partial charge on any atom is -0.759 e. The summed E-state index contributed by atoms with van der Waals surface area (Å²) in [4.78, 5) is 0. The van der Waals surface area contributed by atoms with E-state index in [4.69, 9.17) is 52.6 Å². The molecule has 0 N–H and O–H groups in total. The van der Waals surface area contributed by atoms with E-state index in [0.29, 0.717) is 0 Å². The molecule has 0 aromatic carbocycles. The maximum Gasteiger partial charge on any atom is 3.00 e. The molecule has 0 aliphatic carbocycles. The van der Waals surface area contributed by atoms with Gasteiger partial charge in [0.1, 0.15) is 0 Å². The van der Waals surface area contributed by atoms with Gasteiger partial charge in [0.2, 0.25) is 0 Å². The third kappa shape index (κ3) is 8480. The van der Waals surface area contributed by atoms with E-state index in [1.165, 1.54) is 0 Å². The van der Waals surface area contributed by atoms with Crippen molar-refractivity contribution in [1.29, 1.82) is 0 Å². The summed E-state index contributed by atoms with van der Waals surface area (Å²) in [6.07, 6.45) is 0. The van der Waals surface area contributed by atoms with Gasteiger partial charge in [-0.25, -0.2) is 0 Å². The van der Waals surface area contributed by atoms with E-state index in [0.717, 1.165) is 0 Å². The zero-order valence-electron chi connectivity index (χ0n) is 6.88. The Morgan fingerprint density at radius 1 is 0.412 bits per heavy atom. The molecular formula is Mn2O12S3. The first-order valence-corrected chi connectivity index (χ1v) is 6.00. The van der Waals surface area contributed by atoms with Crippen LogP contribution in [0.5, 0.6) is 0 Å². The molecule has 0 saturated carbocycles. The molecule has 0 aromatic rings. The molecular weight excluding hydrogens is 398 g/mol. The van der Waals surface area contributed by atoms with Gasteiger partial charge in [-0.3, -0.25) is 25.3 Å². The van der Waals surface area contributed by atoms with Gasteiger partial charge in [-0.2, -0.15) is 0 Å². The first-order valence-electron chi connectivity index (χ1n) is 2.00. The van der Waals surface area contributed by atoms with E-state index in [1.54, 1.807) is 0 Å². The zero-order chi connectivity index (χ0) is 13.5. The van der Waals surface area contributed by atoms with E-state index in [-0.39, 0.29) is 34.1 Å². The smallest absolute Gasteiger partial charge is 0.759 e. The molecule has 0 aliphatic rings. The van der Waals surface area contributed by atoms with Gasteiger partial charge in [-0.05, 0) is 0 Å². The van der Waals surface area contributed by atoms with Crippen LogP contribution in [-0.2, 0) is 65.3 Å². The van der Waals surface area contributed by atoms with Crippen LogP contribution < -0.4 is 0 Å². The van der Waals surface area contributed by atoms with Crippen molar-refractivity contribution in [3.8, 4) is 0 Å². The second-order valence-electron chi connectivity index (χ2n) is 1.22. The Bertz CT molecular complexity index is 341. The molecule has 104 valence electrons. The van der Waals surface area contributed by atoms with Crippen LogP contribution in [-0.4, -0.2) is 52.6 Å². The first kappa shape index (κ1) is 30.6. The van der Waals surface area contributed by atoms with Crippen LogP contribution in [0.15, 0.2) is 0 Å². The van der Waals surface area contributed by atoms with E-state index in [1.807, 2.05) is 0 Å². The van der Waals surface area contributed by atoms with Crippen molar-refractivity contribution in [2.24, 2.45) is 0 Å². The molecule has 0 aliphatic heterocycles. The van der Waals surface area contributed by atoms with Crippen LogP contribution in [0.4, 0.5) is 0 Å². The quantitative estimate of drug-likeness (QED) is 0.215. The molecule has 0 bridgehead atoms. The van der Waals surface area contributed by atoms with Gasteiger partial charge in [-0.1, -0.05) is 0 Å².